The summed E-state index contributed by atoms with van der Waals surface area (Å²) < 4.78 is 5.61. The molecule has 24 heavy (non-hydrogen) atoms. The van der Waals surface area contributed by atoms with Gasteiger partial charge in [0.25, 0.3) is 0 Å². The van der Waals surface area contributed by atoms with Crippen LogP contribution in [0.1, 0.15) is 35.3 Å². The van der Waals surface area contributed by atoms with Crippen LogP contribution in [0, 0.1) is 6.92 Å². The zero-order valence-corrected chi connectivity index (χ0v) is 15.0. The number of aliphatic hydroxyl groups excluding tert-OH is 1. The molecule has 0 bridgehead atoms. The van der Waals surface area contributed by atoms with Crippen molar-refractivity contribution in [1.82, 2.24) is 10.6 Å². The topological polar surface area (TPSA) is 70.6 Å². The molecule has 3 N–H and O–H groups in total. The Labute approximate surface area is 146 Å². The summed E-state index contributed by atoms with van der Waals surface area (Å²) in [7, 11) is 0. The van der Waals surface area contributed by atoms with Gasteiger partial charge >= 0.3 is 6.03 Å². The summed E-state index contributed by atoms with van der Waals surface area (Å²) >= 11 is 1.65. The Hall–Kier alpha value is -2.05. The van der Waals surface area contributed by atoms with E-state index in [1.54, 1.807) is 17.4 Å². The zero-order valence-electron chi connectivity index (χ0n) is 14.2. The van der Waals surface area contributed by atoms with Crippen molar-refractivity contribution >= 4 is 17.4 Å². The predicted molar refractivity (Wildman–Crippen MR) is 96.5 cm³/mol. The number of amides is 2. The van der Waals surface area contributed by atoms with Crippen LogP contribution in [0.25, 0.3) is 0 Å². The fourth-order valence-corrected chi connectivity index (χ4v) is 3.01. The highest BCUT2D eigenvalue weighted by molar-refractivity contribution is 7.11. The number of thiophene rings is 1. The first kappa shape index (κ1) is 18.3. The quantitative estimate of drug-likeness (QED) is 0.718. The van der Waals surface area contributed by atoms with Crippen LogP contribution < -0.4 is 15.4 Å². The third-order valence-electron chi connectivity index (χ3n) is 3.29. The van der Waals surface area contributed by atoms with Crippen molar-refractivity contribution < 1.29 is 14.6 Å². The summed E-state index contributed by atoms with van der Waals surface area (Å²) in [5, 5.41) is 15.7. The normalized spacial score (nSPS) is 12.0. The number of carbonyl (C=O) groups is 1. The first-order chi connectivity index (χ1) is 11.4. The van der Waals surface area contributed by atoms with E-state index in [0.29, 0.717) is 17.9 Å². The molecular formula is C18H24N2O3S. The van der Waals surface area contributed by atoms with Crippen molar-refractivity contribution in [2.75, 3.05) is 6.54 Å². The van der Waals surface area contributed by atoms with E-state index in [1.165, 1.54) is 4.88 Å². The van der Waals surface area contributed by atoms with Gasteiger partial charge in [0.05, 0.1) is 18.8 Å². The number of hydrogen-bond donors (Lipinski definition) is 3. The molecule has 0 fully saturated rings. The number of rotatable bonds is 7. The number of carbonyl (C=O) groups excluding carboxylic acids is 1. The van der Waals surface area contributed by atoms with Gasteiger partial charge in [-0.2, -0.15) is 0 Å². The minimum atomic E-state index is -0.782. The Kier molecular flexibility index (Phi) is 6.63. The smallest absolute Gasteiger partial charge is 0.315 e. The van der Waals surface area contributed by atoms with Gasteiger partial charge in [-0.15, -0.1) is 11.3 Å². The first-order valence-electron chi connectivity index (χ1n) is 7.95. The third-order valence-corrected chi connectivity index (χ3v) is 4.29. The molecule has 0 spiro atoms. The first-order valence-corrected chi connectivity index (χ1v) is 8.77. The van der Waals surface area contributed by atoms with Crippen LogP contribution >= 0.6 is 11.3 Å². The molecule has 1 aromatic heterocycles. The monoisotopic (exact) mass is 348 g/mol. The molecule has 0 aliphatic heterocycles. The Morgan fingerprint density at radius 1 is 1.25 bits per heavy atom. The second-order valence-corrected chi connectivity index (χ2v) is 7.20. The summed E-state index contributed by atoms with van der Waals surface area (Å²) in [6.07, 6.45) is -0.711. The number of aliphatic hydroxyl groups is 1. The maximum atomic E-state index is 11.8. The van der Waals surface area contributed by atoms with Gasteiger partial charge in [-0.25, -0.2) is 4.79 Å². The van der Waals surface area contributed by atoms with Gasteiger partial charge in [0.2, 0.25) is 0 Å². The van der Waals surface area contributed by atoms with Gasteiger partial charge in [-0.1, -0.05) is 12.1 Å². The van der Waals surface area contributed by atoms with Crippen LogP contribution in [-0.2, 0) is 6.54 Å². The van der Waals surface area contributed by atoms with Gasteiger partial charge < -0.3 is 20.5 Å². The molecule has 130 valence electrons. The third kappa shape index (κ3) is 5.86. The lowest BCUT2D eigenvalue weighted by molar-refractivity contribution is 0.172. The SMILES string of the molecule is Cc1ccc(CNC(=O)NCC(O)c2cccc(OC(C)C)c2)s1. The van der Waals surface area contributed by atoms with E-state index in [9.17, 15) is 9.90 Å². The predicted octanol–water partition coefficient (Wildman–Crippen LogP) is 3.38. The minimum absolute atomic E-state index is 0.0715. The molecule has 1 unspecified atom stereocenters. The maximum Gasteiger partial charge on any atom is 0.315 e. The van der Waals surface area contributed by atoms with Gasteiger partial charge in [0.15, 0.2) is 0 Å². The molecule has 0 aliphatic rings. The van der Waals surface area contributed by atoms with Crippen LogP contribution in [0.15, 0.2) is 36.4 Å². The van der Waals surface area contributed by atoms with Crippen molar-refractivity contribution in [2.24, 2.45) is 0 Å². The lowest BCUT2D eigenvalue weighted by Gasteiger charge is -2.15. The number of benzene rings is 1. The summed E-state index contributed by atoms with van der Waals surface area (Å²) in [6.45, 7) is 6.55. The number of hydrogen-bond acceptors (Lipinski definition) is 4. The van der Waals surface area contributed by atoms with E-state index in [2.05, 4.69) is 10.6 Å². The van der Waals surface area contributed by atoms with E-state index >= 15 is 0 Å². The Bertz CT molecular complexity index is 670. The minimum Gasteiger partial charge on any atom is -0.491 e. The van der Waals surface area contributed by atoms with Crippen molar-refractivity contribution in [3.63, 3.8) is 0 Å². The number of ether oxygens (including phenoxy) is 1. The molecule has 5 nitrogen and oxygen atoms in total. The van der Waals surface area contributed by atoms with Crippen molar-refractivity contribution in [3.05, 3.63) is 51.7 Å². The van der Waals surface area contributed by atoms with Gasteiger partial charge in [0, 0.05) is 16.3 Å². The van der Waals surface area contributed by atoms with Gasteiger partial charge in [-0.05, 0) is 50.6 Å². The summed E-state index contributed by atoms with van der Waals surface area (Å²) in [6, 6.07) is 11.0. The van der Waals surface area contributed by atoms with E-state index in [4.69, 9.17) is 4.74 Å². The fourth-order valence-electron chi connectivity index (χ4n) is 2.18. The number of nitrogens with one attached hydrogen (secondary N) is 2. The molecule has 6 heteroatoms. The highest BCUT2D eigenvalue weighted by Crippen LogP contribution is 2.20. The second kappa shape index (κ2) is 8.70. The number of aryl methyl sites for hydroxylation is 1. The van der Waals surface area contributed by atoms with E-state index in [0.717, 1.165) is 4.88 Å². The average Bonchev–Trinajstić information content (AvgIpc) is 2.95. The molecule has 1 heterocycles. The summed E-state index contributed by atoms with van der Waals surface area (Å²) in [4.78, 5) is 14.1. The molecule has 0 saturated heterocycles. The van der Waals surface area contributed by atoms with E-state index < -0.39 is 6.10 Å². The molecule has 0 radical (unpaired) electrons. The Morgan fingerprint density at radius 2 is 2.04 bits per heavy atom. The summed E-state index contributed by atoms with van der Waals surface area (Å²) in [5.41, 5.74) is 0.710. The van der Waals surface area contributed by atoms with E-state index in [-0.39, 0.29) is 18.7 Å². The fraction of sp³-hybridized carbons (Fsp3) is 0.389. The highest BCUT2D eigenvalue weighted by Gasteiger charge is 2.11. The number of urea groups is 1. The average molecular weight is 348 g/mol. The lowest BCUT2D eigenvalue weighted by Crippen LogP contribution is -2.37. The van der Waals surface area contributed by atoms with Crippen LogP contribution in [0.2, 0.25) is 0 Å². The Balaban J connectivity index is 1.79. The van der Waals surface area contributed by atoms with E-state index in [1.807, 2.05) is 51.1 Å². The largest absolute Gasteiger partial charge is 0.491 e. The standard InChI is InChI=1S/C18H24N2O3S/c1-12(2)23-15-6-4-5-14(9-15)17(21)11-20-18(22)19-10-16-8-7-13(3)24-16/h4-9,12,17,21H,10-11H2,1-3H3,(H2,19,20,22). The molecule has 0 aliphatic carbocycles. The maximum absolute atomic E-state index is 11.8. The van der Waals surface area contributed by atoms with Crippen LogP contribution in [0.5, 0.6) is 5.75 Å². The van der Waals surface area contributed by atoms with Crippen LogP contribution in [0.4, 0.5) is 4.79 Å². The molecular weight excluding hydrogens is 324 g/mol. The Morgan fingerprint density at radius 3 is 2.71 bits per heavy atom. The lowest BCUT2D eigenvalue weighted by atomic mass is 10.1. The zero-order chi connectivity index (χ0) is 17.5. The highest BCUT2D eigenvalue weighted by atomic mass is 32.1. The molecule has 1 aromatic carbocycles. The van der Waals surface area contributed by atoms with Gasteiger partial charge in [0.1, 0.15) is 5.75 Å². The van der Waals surface area contributed by atoms with Gasteiger partial charge in [-0.3, -0.25) is 0 Å². The molecule has 2 amide bonds. The molecule has 1 atom stereocenters. The van der Waals surface area contributed by atoms with Crippen molar-refractivity contribution in [2.45, 2.75) is 39.5 Å². The summed E-state index contributed by atoms with van der Waals surface area (Å²) in [5.74, 6) is 0.707. The molecule has 2 rings (SSSR count). The van der Waals surface area contributed by atoms with Crippen molar-refractivity contribution in [1.29, 1.82) is 0 Å². The second-order valence-electron chi connectivity index (χ2n) is 5.83. The van der Waals surface area contributed by atoms with Crippen LogP contribution in [0.3, 0.4) is 0 Å². The molecule has 0 saturated carbocycles. The van der Waals surface area contributed by atoms with Crippen molar-refractivity contribution in [3.8, 4) is 5.75 Å². The molecule has 2 aromatic rings. The van der Waals surface area contributed by atoms with Crippen LogP contribution in [-0.4, -0.2) is 23.8 Å².